The number of carbonyl (C=O) groups is 2. The van der Waals surface area contributed by atoms with Gasteiger partial charge in [0.25, 0.3) is 5.91 Å². The Balaban J connectivity index is 1.68. The number of aliphatic hydroxyl groups excluding tert-OH is 1. The molecule has 0 bridgehead atoms. The summed E-state index contributed by atoms with van der Waals surface area (Å²) in [5, 5.41) is 26.9. The Kier molecular flexibility index (Phi) is 6.93. The number of carbonyl (C=O) groups excluding carboxylic acids is 1. The van der Waals surface area contributed by atoms with Crippen LogP contribution in [0.3, 0.4) is 0 Å². The highest BCUT2D eigenvalue weighted by molar-refractivity contribution is 6.10. The molecule has 1 aliphatic heterocycles. The first-order valence-electron chi connectivity index (χ1n) is 11.4. The van der Waals surface area contributed by atoms with Gasteiger partial charge in [0.1, 0.15) is 11.5 Å². The van der Waals surface area contributed by atoms with Crippen molar-refractivity contribution in [1.82, 2.24) is 9.88 Å². The summed E-state index contributed by atoms with van der Waals surface area (Å²) < 4.78 is 0. The number of nitrogens with zero attached hydrogens (tertiary/aromatic N) is 5. The van der Waals surface area contributed by atoms with Crippen LogP contribution in [0.1, 0.15) is 51.4 Å². The standard InChI is InChI=1S/C27H27N5O4/c1-16(2)31(4)25(30-28-3)23-6-5-7-24(29-23)32-14-19-9-8-17(13-22(19)26(32)34)21-11-10-18(27(35)36)12-20(21)15-33/h5-13,16,33H,3,14-15H2,1-2,4H3,(H,35,36)/b30-25-. The predicted molar refractivity (Wildman–Crippen MR) is 138 cm³/mol. The maximum absolute atomic E-state index is 13.4. The molecule has 184 valence electrons. The number of aromatic nitrogens is 1. The molecule has 1 aliphatic rings. The Labute approximate surface area is 209 Å². The summed E-state index contributed by atoms with van der Waals surface area (Å²) >= 11 is 0. The minimum absolute atomic E-state index is 0.0924. The number of carboxylic acids is 1. The van der Waals surface area contributed by atoms with Crippen molar-refractivity contribution < 1.29 is 19.8 Å². The van der Waals surface area contributed by atoms with Crippen molar-refractivity contribution in [3.8, 4) is 11.1 Å². The summed E-state index contributed by atoms with van der Waals surface area (Å²) in [4.78, 5) is 33.0. The van der Waals surface area contributed by atoms with Crippen molar-refractivity contribution in [2.75, 3.05) is 11.9 Å². The molecular formula is C27H27N5O4. The lowest BCUT2D eigenvalue weighted by Crippen LogP contribution is -2.34. The number of amides is 1. The van der Waals surface area contributed by atoms with Gasteiger partial charge in [0.05, 0.1) is 18.7 Å². The van der Waals surface area contributed by atoms with E-state index in [1.807, 2.05) is 50.1 Å². The molecule has 1 amide bonds. The van der Waals surface area contributed by atoms with E-state index in [1.54, 1.807) is 23.1 Å². The zero-order chi connectivity index (χ0) is 26.0. The first kappa shape index (κ1) is 24.7. The molecule has 0 unspecified atom stereocenters. The largest absolute Gasteiger partial charge is 0.478 e. The lowest BCUT2D eigenvalue weighted by Gasteiger charge is -2.24. The summed E-state index contributed by atoms with van der Waals surface area (Å²) in [5.41, 5.74) is 3.92. The van der Waals surface area contributed by atoms with Gasteiger partial charge in [0.15, 0.2) is 5.84 Å². The molecule has 36 heavy (non-hydrogen) atoms. The summed E-state index contributed by atoms with van der Waals surface area (Å²) in [6, 6.07) is 15.7. The number of fused-ring (bicyclic) bond motifs is 1. The first-order chi connectivity index (χ1) is 17.2. The van der Waals surface area contributed by atoms with Gasteiger partial charge in [-0.1, -0.05) is 24.3 Å². The smallest absolute Gasteiger partial charge is 0.335 e. The summed E-state index contributed by atoms with van der Waals surface area (Å²) in [5.74, 6) is -0.218. The maximum Gasteiger partial charge on any atom is 0.335 e. The third-order valence-corrected chi connectivity index (χ3v) is 6.26. The van der Waals surface area contributed by atoms with E-state index in [2.05, 4.69) is 16.9 Å². The van der Waals surface area contributed by atoms with Crippen molar-refractivity contribution >= 4 is 30.2 Å². The molecule has 0 saturated heterocycles. The van der Waals surface area contributed by atoms with Crippen molar-refractivity contribution in [3.63, 3.8) is 0 Å². The van der Waals surface area contributed by atoms with Crippen LogP contribution in [0.5, 0.6) is 0 Å². The third-order valence-electron chi connectivity index (χ3n) is 6.26. The van der Waals surface area contributed by atoms with E-state index in [0.29, 0.717) is 40.6 Å². The fourth-order valence-corrected chi connectivity index (χ4v) is 4.10. The molecule has 0 atom stereocenters. The Bertz CT molecular complexity index is 1380. The van der Waals surface area contributed by atoms with E-state index in [9.17, 15) is 19.8 Å². The summed E-state index contributed by atoms with van der Waals surface area (Å²) in [7, 11) is 1.89. The third kappa shape index (κ3) is 4.60. The quantitative estimate of drug-likeness (QED) is 0.299. The topological polar surface area (TPSA) is 119 Å². The maximum atomic E-state index is 13.4. The highest BCUT2D eigenvalue weighted by atomic mass is 16.4. The number of anilines is 1. The molecule has 1 aromatic heterocycles. The SMILES string of the molecule is C=N/N=C(/c1cccc(N2Cc3ccc(-c4ccc(C(=O)O)cc4CO)cc3C2=O)n1)N(C)C(C)C. The minimum atomic E-state index is -1.07. The van der Waals surface area contributed by atoms with Crippen molar-refractivity contribution in [2.45, 2.75) is 33.0 Å². The molecular weight excluding hydrogens is 458 g/mol. The van der Waals surface area contributed by atoms with Gasteiger partial charge in [-0.2, -0.15) is 5.10 Å². The average Bonchev–Trinajstić information content (AvgIpc) is 3.22. The molecule has 0 fully saturated rings. The number of aliphatic hydroxyl groups is 1. The number of pyridine rings is 1. The predicted octanol–water partition coefficient (Wildman–Crippen LogP) is 3.80. The molecule has 0 saturated carbocycles. The average molecular weight is 486 g/mol. The molecule has 0 aliphatic carbocycles. The fraction of sp³-hybridized carbons (Fsp3) is 0.222. The summed E-state index contributed by atoms with van der Waals surface area (Å²) in [6.07, 6.45) is 0. The van der Waals surface area contributed by atoms with Crippen LogP contribution in [0.25, 0.3) is 11.1 Å². The van der Waals surface area contributed by atoms with Crippen LogP contribution in [-0.2, 0) is 13.2 Å². The van der Waals surface area contributed by atoms with E-state index < -0.39 is 5.97 Å². The Hall–Kier alpha value is -4.37. The molecule has 2 N–H and O–H groups in total. The second kappa shape index (κ2) is 10.1. The number of amidine groups is 1. The van der Waals surface area contributed by atoms with Crippen LogP contribution in [0.2, 0.25) is 0 Å². The van der Waals surface area contributed by atoms with Crippen LogP contribution >= 0.6 is 0 Å². The summed E-state index contributed by atoms with van der Waals surface area (Å²) in [6.45, 7) is 7.56. The first-order valence-corrected chi connectivity index (χ1v) is 11.4. The number of aromatic carboxylic acids is 1. The van der Waals surface area contributed by atoms with Crippen LogP contribution in [0, 0.1) is 0 Å². The van der Waals surface area contributed by atoms with Crippen LogP contribution in [-0.4, -0.2) is 57.6 Å². The van der Waals surface area contributed by atoms with Gasteiger partial charge in [-0.05, 0) is 66.4 Å². The number of rotatable bonds is 7. The number of hydrogen-bond donors (Lipinski definition) is 2. The second-order valence-electron chi connectivity index (χ2n) is 8.75. The van der Waals surface area contributed by atoms with E-state index in [-0.39, 0.29) is 24.1 Å². The lowest BCUT2D eigenvalue weighted by atomic mass is 9.95. The molecule has 4 rings (SSSR count). The molecule has 0 radical (unpaired) electrons. The number of carboxylic acid groups (broad SMARTS) is 1. The Morgan fingerprint density at radius 3 is 2.61 bits per heavy atom. The zero-order valence-corrected chi connectivity index (χ0v) is 20.3. The van der Waals surface area contributed by atoms with E-state index in [1.165, 1.54) is 12.1 Å². The van der Waals surface area contributed by atoms with Crippen molar-refractivity contribution in [2.24, 2.45) is 10.2 Å². The highest BCUT2D eigenvalue weighted by Gasteiger charge is 2.30. The fourth-order valence-electron chi connectivity index (χ4n) is 4.10. The lowest BCUT2D eigenvalue weighted by molar-refractivity contribution is 0.0696. The zero-order valence-electron chi connectivity index (χ0n) is 20.3. The molecule has 2 heterocycles. The van der Waals surface area contributed by atoms with Crippen LogP contribution in [0.15, 0.2) is 64.8 Å². The van der Waals surface area contributed by atoms with Crippen LogP contribution in [0.4, 0.5) is 5.82 Å². The highest BCUT2D eigenvalue weighted by Crippen LogP contribution is 2.33. The normalized spacial score (nSPS) is 13.2. The van der Waals surface area contributed by atoms with Crippen LogP contribution < -0.4 is 4.90 Å². The monoisotopic (exact) mass is 485 g/mol. The van der Waals surface area contributed by atoms with E-state index in [4.69, 9.17) is 4.98 Å². The van der Waals surface area contributed by atoms with E-state index >= 15 is 0 Å². The minimum Gasteiger partial charge on any atom is -0.478 e. The van der Waals surface area contributed by atoms with Gasteiger partial charge in [0.2, 0.25) is 0 Å². The van der Waals surface area contributed by atoms with Gasteiger partial charge in [-0.15, -0.1) is 5.10 Å². The second-order valence-corrected chi connectivity index (χ2v) is 8.75. The van der Waals surface area contributed by atoms with Gasteiger partial charge in [-0.25, -0.2) is 9.78 Å². The van der Waals surface area contributed by atoms with Gasteiger partial charge >= 0.3 is 5.97 Å². The number of hydrogen-bond acceptors (Lipinski definition) is 6. The van der Waals surface area contributed by atoms with Crippen molar-refractivity contribution in [1.29, 1.82) is 0 Å². The van der Waals surface area contributed by atoms with Gasteiger partial charge in [0, 0.05) is 25.4 Å². The van der Waals surface area contributed by atoms with E-state index in [0.717, 1.165) is 11.1 Å². The van der Waals surface area contributed by atoms with Crippen molar-refractivity contribution in [3.05, 3.63) is 82.5 Å². The number of benzene rings is 2. The molecule has 2 aromatic carbocycles. The molecule has 0 spiro atoms. The molecule has 9 heteroatoms. The Morgan fingerprint density at radius 2 is 1.94 bits per heavy atom. The van der Waals surface area contributed by atoms with Gasteiger partial charge < -0.3 is 15.1 Å². The Morgan fingerprint density at radius 1 is 1.17 bits per heavy atom. The molecule has 9 nitrogen and oxygen atoms in total. The molecule has 3 aromatic rings. The van der Waals surface area contributed by atoms with Gasteiger partial charge in [-0.3, -0.25) is 9.69 Å².